The first-order chi connectivity index (χ1) is 9.73. The first-order valence-electron chi connectivity index (χ1n) is 6.29. The summed E-state index contributed by atoms with van der Waals surface area (Å²) in [6, 6.07) is 3.75. The number of carbonyl (C=O) groups is 1. The fourth-order valence-corrected chi connectivity index (χ4v) is 3.51. The Bertz CT molecular complexity index is 651. The number of ether oxygens (including phenoxy) is 1. The molecule has 0 atom stereocenters. The van der Waals surface area contributed by atoms with Crippen molar-refractivity contribution in [1.29, 1.82) is 0 Å². The molecule has 0 saturated heterocycles. The first kappa shape index (κ1) is 17.2. The van der Waals surface area contributed by atoms with Crippen LogP contribution in [0.2, 0.25) is 0 Å². The van der Waals surface area contributed by atoms with Crippen molar-refractivity contribution in [3.05, 3.63) is 35.9 Å². The van der Waals surface area contributed by atoms with E-state index in [0.29, 0.717) is 5.57 Å². The minimum atomic E-state index is -3.86. The Morgan fingerprint density at radius 2 is 2.05 bits per heavy atom. The lowest BCUT2D eigenvalue weighted by molar-refractivity contribution is 0.0696. The summed E-state index contributed by atoms with van der Waals surface area (Å²) in [6.45, 7) is 7.55. The Balaban J connectivity index is 3.43. The van der Waals surface area contributed by atoms with Crippen molar-refractivity contribution in [3.63, 3.8) is 0 Å². The highest BCUT2D eigenvalue weighted by Gasteiger charge is 2.27. The van der Waals surface area contributed by atoms with E-state index in [-0.39, 0.29) is 29.3 Å². The van der Waals surface area contributed by atoms with Crippen LogP contribution in [0, 0.1) is 0 Å². The van der Waals surface area contributed by atoms with Crippen molar-refractivity contribution in [2.75, 3.05) is 20.2 Å². The molecule has 0 saturated carbocycles. The van der Waals surface area contributed by atoms with Gasteiger partial charge in [-0.3, -0.25) is 0 Å². The van der Waals surface area contributed by atoms with Crippen LogP contribution in [0.4, 0.5) is 0 Å². The van der Waals surface area contributed by atoms with Crippen molar-refractivity contribution in [3.8, 4) is 5.75 Å². The highest BCUT2D eigenvalue weighted by atomic mass is 32.2. The number of carboxylic acid groups (broad SMARTS) is 1. The van der Waals surface area contributed by atoms with Gasteiger partial charge in [0.25, 0.3) is 0 Å². The van der Waals surface area contributed by atoms with Crippen LogP contribution in [0.5, 0.6) is 5.75 Å². The molecule has 0 aliphatic rings. The second-order valence-corrected chi connectivity index (χ2v) is 6.47. The van der Waals surface area contributed by atoms with Gasteiger partial charge in [0.2, 0.25) is 10.0 Å². The Morgan fingerprint density at radius 3 is 2.48 bits per heavy atom. The van der Waals surface area contributed by atoms with Gasteiger partial charge in [0.05, 0.1) is 12.7 Å². The quantitative estimate of drug-likeness (QED) is 0.778. The standard InChI is InChI=1S/C14H19NO5S/c1-5-15(9-10(2)3)21(18,19)13-8-11(14(16)17)6-7-12(13)20-4/h6-8H,2,5,9H2,1,3-4H3,(H,16,17). The number of hydrogen-bond donors (Lipinski definition) is 1. The molecule has 1 aromatic carbocycles. The molecule has 1 N–H and O–H groups in total. The smallest absolute Gasteiger partial charge is 0.335 e. The predicted molar refractivity (Wildman–Crippen MR) is 79.2 cm³/mol. The monoisotopic (exact) mass is 313 g/mol. The number of likely N-dealkylation sites (N-methyl/N-ethyl adjacent to an activating group) is 1. The van der Waals surface area contributed by atoms with Crippen LogP contribution in [-0.4, -0.2) is 44.0 Å². The minimum absolute atomic E-state index is 0.110. The lowest BCUT2D eigenvalue weighted by Crippen LogP contribution is -2.32. The van der Waals surface area contributed by atoms with Gasteiger partial charge in [0, 0.05) is 13.1 Å². The molecule has 21 heavy (non-hydrogen) atoms. The van der Waals surface area contributed by atoms with E-state index in [1.807, 2.05) is 0 Å². The highest BCUT2D eigenvalue weighted by Crippen LogP contribution is 2.28. The van der Waals surface area contributed by atoms with Crippen LogP contribution < -0.4 is 4.74 Å². The molecule has 1 rings (SSSR count). The summed E-state index contributed by atoms with van der Waals surface area (Å²) >= 11 is 0. The zero-order chi connectivity index (χ0) is 16.2. The average Bonchev–Trinajstić information content (AvgIpc) is 2.43. The van der Waals surface area contributed by atoms with Gasteiger partial charge in [0.1, 0.15) is 10.6 Å². The maximum absolute atomic E-state index is 12.7. The van der Waals surface area contributed by atoms with Crippen LogP contribution in [0.3, 0.4) is 0 Å². The summed E-state index contributed by atoms with van der Waals surface area (Å²) in [5.41, 5.74) is 0.578. The summed E-state index contributed by atoms with van der Waals surface area (Å²) in [7, 11) is -2.52. The molecule has 6 nitrogen and oxygen atoms in total. The zero-order valence-corrected chi connectivity index (χ0v) is 13.1. The fraction of sp³-hybridized carbons (Fsp3) is 0.357. The van der Waals surface area contributed by atoms with Gasteiger partial charge < -0.3 is 9.84 Å². The van der Waals surface area contributed by atoms with Gasteiger partial charge in [-0.2, -0.15) is 4.31 Å². The molecular formula is C14H19NO5S. The van der Waals surface area contributed by atoms with Crippen LogP contribution >= 0.6 is 0 Å². The summed E-state index contributed by atoms with van der Waals surface area (Å²) in [6.07, 6.45) is 0. The van der Waals surface area contributed by atoms with E-state index >= 15 is 0 Å². The first-order valence-corrected chi connectivity index (χ1v) is 7.73. The molecule has 0 spiro atoms. The van der Waals surface area contributed by atoms with E-state index in [2.05, 4.69) is 6.58 Å². The molecule has 0 bridgehead atoms. The maximum Gasteiger partial charge on any atom is 0.335 e. The number of carboxylic acids is 1. The molecular weight excluding hydrogens is 294 g/mol. The van der Waals surface area contributed by atoms with E-state index in [1.54, 1.807) is 13.8 Å². The SMILES string of the molecule is C=C(C)CN(CC)S(=O)(=O)c1cc(C(=O)O)ccc1OC. The van der Waals surface area contributed by atoms with Crippen molar-refractivity contribution < 1.29 is 23.1 Å². The molecule has 7 heteroatoms. The third-order valence-corrected chi connectivity index (χ3v) is 4.77. The Kier molecular flexibility index (Phi) is 5.51. The van der Waals surface area contributed by atoms with Crippen molar-refractivity contribution in [1.82, 2.24) is 4.31 Å². The van der Waals surface area contributed by atoms with E-state index < -0.39 is 16.0 Å². The van der Waals surface area contributed by atoms with E-state index in [1.165, 1.54) is 23.5 Å². The number of sulfonamides is 1. The third kappa shape index (κ3) is 3.83. The lowest BCUT2D eigenvalue weighted by Gasteiger charge is -2.22. The molecule has 0 unspecified atom stereocenters. The summed E-state index contributed by atoms with van der Waals surface area (Å²) in [5, 5.41) is 9.02. The van der Waals surface area contributed by atoms with E-state index in [0.717, 1.165) is 6.07 Å². The predicted octanol–water partition coefficient (Wildman–Crippen LogP) is 1.98. The highest BCUT2D eigenvalue weighted by molar-refractivity contribution is 7.89. The van der Waals surface area contributed by atoms with Gasteiger partial charge in [-0.1, -0.05) is 19.1 Å². The second kappa shape index (κ2) is 6.73. The zero-order valence-electron chi connectivity index (χ0n) is 12.3. The normalized spacial score (nSPS) is 11.4. The molecule has 0 aliphatic heterocycles. The minimum Gasteiger partial charge on any atom is -0.495 e. The summed E-state index contributed by atoms with van der Waals surface area (Å²) in [5.74, 6) is -1.09. The van der Waals surface area contributed by atoms with Crippen LogP contribution in [0.25, 0.3) is 0 Å². The number of nitrogens with zero attached hydrogens (tertiary/aromatic N) is 1. The molecule has 0 aliphatic carbocycles. The maximum atomic E-state index is 12.7. The molecule has 0 fully saturated rings. The Hall–Kier alpha value is -1.86. The van der Waals surface area contributed by atoms with Crippen LogP contribution in [-0.2, 0) is 10.0 Å². The van der Waals surface area contributed by atoms with Gasteiger partial charge in [-0.05, 0) is 25.1 Å². The lowest BCUT2D eigenvalue weighted by atomic mass is 10.2. The van der Waals surface area contributed by atoms with Crippen molar-refractivity contribution >= 4 is 16.0 Å². The second-order valence-electron chi connectivity index (χ2n) is 4.56. The van der Waals surface area contributed by atoms with E-state index in [9.17, 15) is 13.2 Å². The molecule has 0 aromatic heterocycles. The summed E-state index contributed by atoms with van der Waals surface area (Å²) in [4.78, 5) is 10.9. The van der Waals surface area contributed by atoms with Gasteiger partial charge in [-0.25, -0.2) is 13.2 Å². The van der Waals surface area contributed by atoms with Crippen LogP contribution in [0.1, 0.15) is 24.2 Å². The van der Waals surface area contributed by atoms with Gasteiger partial charge in [-0.15, -0.1) is 0 Å². The molecule has 1 aromatic rings. The number of benzene rings is 1. The van der Waals surface area contributed by atoms with Crippen LogP contribution in [0.15, 0.2) is 35.2 Å². The largest absolute Gasteiger partial charge is 0.495 e. The molecule has 116 valence electrons. The average molecular weight is 313 g/mol. The topological polar surface area (TPSA) is 83.9 Å². The summed E-state index contributed by atoms with van der Waals surface area (Å²) < 4.78 is 31.6. The number of methoxy groups -OCH3 is 1. The molecule has 0 radical (unpaired) electrons. The van der Waals surface area contributed by atoms with E-state index in [4.69, 9.17) is 9.84 Å². The van der Waals surface area contributed by atoms with Gasteiger partial charge >= 0.3 is 5.97 Å². The fourth-order valence-electron chi connectivity index (χ4n) is 1.82. The van der Waals surface area contributed by atoms with Crippen molar-refractivity contribution in [2.24, 2.45) is 0 Å². The van der Waals surface area contributed by atoms with Gasteiger partial charge in [0.15, 0.2) is 0 Å². The number of aromatic carboxylic acids is 1. The molecule has 0 heterocycles. The number of hydrogen-bond acceptors (Lipinski definition) is 4. The molecule has 0 amide bonds. The number of rotatable bonds is 7. The third-order valence-electron chi connectivity index (χ3n) is 2.83. The van der Waals surface area contributed by atoms with Crippen molar-refractivity contribution in [2.45, 2.75) is 18.7 Å². The Labute approximate surface area is 124 Å². The Morgan fingerprint density at radius 1 is 1.43 bits per heavy atom.